The van der Waals surface area contributed by atoms with Gasteiger partial charge in [0, 0.05) is 12.2 Å². The lowest BCUT2D eigenvalue weighted by Gasteiger charge is -2.25. The van der Waals surface area contributed by atoms with Gasteiger partial charge in [-0.15, -0.1) is 11.3 Å². The number of carbonyl (C=O) groups is 1. The van der Waals surface area contributed by atoms with Crippen LogP contribution < -0.4 is 9.62 Å². The van der Waals surface area contributed by atoms with Crippen molar-refractivity contribution in [3.05, 3.63) is 47.3 Å². The lowest BCUT2D eigenvalue weighted by molar-refractivity contribution is -0.120. The van der Waals surface area contributed by atoms with Crippen LogP contribution in [0.1, 0.15) is 25.8 Å². The molecular weight excluding hydrogens is 356 g/mol. The molecule has 0 spiro atoms. The summed E-state index contributed by atoms with van der Waals surface area (Å²) in [5.74, 6) is 0.0108. The van der Waals surface area contributed by atoms with Gasteiger partial charge in [0.2, 0.25) is 5.91 Å². The van der Waals surface area contributed by atoms with Gasteiger partial charge in [-0.25, -0.2) is 8.42 Å². The second-order valence-corrected chi connectivity index (χ2v) is 9.49. The normalized spacial score (nSPS) is 15.4. The monoisotopic (exact) mass is 378 g/mol. The molecule has 1 atom stereocenters. The summed E-state index contributed by atoms with van der Waals surface area (Å²) < 4.78 is 28.0. The summed E-state index contributed by atoms with van der Waals surface area (Å²) in [5.41, 5.74) is 2.01. The molecule has 5 nitrogen and oxygen atoms in total. The van der Waals surface area contributed by atoms with Gasteiger partial charge in [-0.3, -0.25) is 4.79 Å². The molecule has 0 fully saturated rings. The minimum atomic E-state index is -3.69. The summed E-state index contributed by atoms with van der Waals surface area (Å²) in [7, 11) is -3.69. The molecule has 0 radical (unpaired) electrons. The quantitative estimate of drug-likeness (QED) is 0.840. The van der Waals surface area contributed by atoms with Gasteiger partial charge in [-0.1, -0.05) is 38.1 Å². The number of nitrogens with one attached hydrogen (secondary N) is 1. The highest BCUT2D eigenvalue weighted by Crippen LogP contribution is 2.29. The Bertz CT molecular complexity index is 845. The number of anilines is 1. The fraction of sp³-hybridized carbons (Fsp3) is 0.389. The second-order valence-electron chi connectivity index (χ2n) is 6.60. The number of sulfonamides is 1. The van der Waals surface area contributed by atoms with Gasteiger partial charge in [0.25, 0.3) is 10.0 Å². The van der Waals surface area contributed by atoms with Crippen LogP contribution in [0, 0.1) is 5.92 Å². The van der Waals surface area contributed by atoms with Gasteiger partial charge < -0.3 is 4.90 Å². The van der Waals surface area contributed by atoms with Crippen molar-refractivity contribution in [2.24, 2.45) is 5.92 Å². The van der Waals surface area contributed by atoms with Crippen LogP contribution >= 0.6 is 11.3 Å². The molecule has 1 N–H and O–H groups in total. The SMILES string of the molecule is CC(C)C[C@H](NS(=O)(=O)c1cccs1)C(=O)N1CCc2ccccc21. The van der Waals surface area contributed by atoms with Crippen molar-refractivity contribution in [3.63, 3.8) is 0 Å². The highest BCUT2D eigenvalue weighted by Gasteiger charge is 2.33. The van der Waals surface area contributed by atoms with E-state index in [1.165, 1.54) is 0 Å². The van der Waals surface area contributed by atoms with E-state index >= 15 is 0 Å². The van der Waals surface area contributed by atoms with Crippen LogP contribution in [0.5, 0.6) is 0 Å². The topological polar surface area (TPSA) is 66.5 Å². The number of fused-ring (bicyclic) bond motifs is 1. The van der Waals surface area contributed by atoms with E-state index in [-0.39, 0.29) is 16.0 Å². The van der Waals surface area contributed by atoms with E-state index in [9.17, 15) is 13.2 Å². The van der Waals surface area contributed by atoms with Crippen molar-refractivity contribution in [1.29, 1.82) is 0 Å². The standard InChI is InChI=1S/C18H22N2O3S2/c1-13(2)12-15(19-25(22,23)17-8-5-11-24-17)18(21)20-10-9-14-6-3-4-7-16(14)20/h3-8,11,13,15,19H,9-10,12H2,1-2H3/t15-/m0/s1. The van der Waals surface area contributed by atoms with E-state index in [0.29, 0.717) is 13.0 Å². The van der Waals surface area contributed by atoms with E-state index in [0.717, 1.165) is 29.0 Å². The van der Waals surface area contributed by atoms with Crippen LogP contribution in [-0.4, -0.2) is 26.9 Å². The highest BCUT2D eigenvalue weighted by molar-refractivity contribution is 7.91. The molecule has 0 bridgehead atoms. The smallest absolute Gasteiger partial charge is 0.250 e. The van der Waals surface area contributed by atoms with E-state index in [2.05, 4.69) is 4.72 Å². The van der Waals surface area contributed by atoms with Crippen molar-refractivity contribution in [1.82, 2.24) is 4.72 Å². The Hall–Kier alpha value is -1.70. The van der Waals surface area contributed by atoms with Crippen LogP contribution in [0.4, 0.5) is 5.69 Å². The predicted molar refractivity (Wildman–Crippen MR) is 100 cm³/mol. The highest BCUT2D eigenvalue weighted by atomic mass is 32.2. The number of hydrogen-bond acceptors (Lipinski definition) is 4. The van der Waals surface area contributed by atoms with Gasteiger partial charge in [-0.2, -0.15) is 4.72 Å². The Kier molecular flexibility index (Phi) is 5.27. The molecule has 0 saturated heterocycles. The number of para-hydroxylation sites is 1. The fourth-order valence-electron chi connectivity index (χ4n) is 3.09. The lowest BCUT2D eigenvalue weighted by Crippen LogP contribution is -2.48. The largest absolute Gasteiger partial charge is 0.310 e. The molecule has 0 aliphatic carbocycles. The van der Waals surface area contributed by atoms with Crippen molar-refractivity contribution < 1.29 is 13.2 Å². The van der Waals surface area contributed by atoms with E-state index in [1.807, 2.05) is 38.1 Å². The summed E-state index contributed by atoms with van der Waals surface area (Å²) in [4.78, 5) is 14.8. The lowest BCUT2D eigenvalue weighted by atomic mass is 10.0. The maximum Gasteiger partial charge on any atom is 0.250 e. The summed E-state index contributed by atoms with van der Waals surface area (Å²) >= 11 is 1.15. The summed E-state index contributed by atoms with van der Waals surface area (Å²) in [6.45, 7) is 4.56. The average Bonchev–Trinajstić information content (AvgIpc) is 3.23. The Labute approximate surface area is 152 Å². The predicted octanol–water partition coefficient (Wildman–Crippen LogP) is 3.03. The van der Waals surface area contributed by atoms with Gasteiger partial charge in [-0.05, 0) is 41.8 Å². The molecule has 2 aromatic rings. The molecule has 0 saturated carbocycles. The van der Waals surface area contributed by atoms with Crippen LogP contribution in [-0.2, 0) is 21.2 Å². The molecule has 25 heavy (non-hydrogen) atoms. The third-order valence-electron chi connectivity index (χ3n) is 4.22. The number of thiophene rings is 1. The molecular formula is C18H22N2O3S2. The number of hydrogen-bond donors (Lipinski definition) is 1. The van der Waals surface area contributed by atoms with Crippen LogP contribution in [0.3, 0.4) is 0 Å². The maximum atomic E-state index is 13.1. The van der Waals surface area contributed by atoms with E-state index < -0.39 is 16.1 Å². The third-order valence-corrected chi connectivity index (χ3v) is 7.08. The second kappa shape index (κ2) is 7.27. The summed E-state index contributed by atoms with van der Waals surface area (Å²) in [6.07, 6.45) is 1.26. The van der Waals surface area contributed by atoms with Gasteiger partial charge in [0.05, 0.1) is 0 Å². The number of amides is 1. The first-order valence-electron chi connectivity index (χ1n) is 8.33. The average molecular weight is 379 g/mol. The number of rotatable bonds is 6. The molecule has 1 aliphatic rings. The first-order chi connectivity index (χ1) is 11.9. The molecule has 1 aromatic heterocycles. The number of carbonyl (C=O) groups excluding carboxylic acids is 1. The molecule has 0 unspecified atom stereocenters. The number of benzene rings is 1. The number of nitrogens with zero attached hydrogens (tertiary/aromatic N) is 1. The zero-order valence-corrected chi connectivity index (χ0v) is 15.9. The molecule has 1 aliphatic heterocycles. The van der Waals surface area contributed by atoms with Crippen LogP contribution in [0.25, 0.3) is 0 Å². The molecule has 7 heteroatoms. The first kappa shape index (κ1) is 18.1. The van der Waals surface area contributed by atoms with Crippen molar-refractivity contribution in [2.75, 3.05) is 11.4 Å². The fourth-order valence-corrected chi connectivity index (χ4v) is 5.30. The van der Waals surface area contributed by atoms with Gasteiger partial charge >= 0.3 is 0 Å². The van der Waals surface area contributed by atoms with E-state index in [4.69, 9.17) is 0 Å². The molecule has 1 aromatic carbocycles. The third kappa shape index (κ3) is 3.94. The Morgan fingerprint density at radius 2 is 2.00 bits per heavy atom. The molecule has 2 heterocycles. The van der Waals surface area contributed by atoms with Gasteiger partial charge in [0.15, 0.2) is 0 Å². The van der Waals surface area contributed by atoms with E-state index in [1.54, 1.807) is 22.4 Å². The zero-order chi connectivity index (χ0) is 18.0. The molecule has 3 rings (SSSR count). The van der Waals surface area contributed by atoms with Crippen LogP contribution in [0.15, 0.2) is 46.0 Å². The summed E-state index contributed by atoms with van der Waals surface area (Å²) in [5, 5.41) is 1.71. The minimum absolute atomic E-state index is 0.182. The van der Waals surface area contributed by atoms with Crippen molar-refractivity contribution in [2.45, 2.75) is 36.9 Å². The van der Waals surface area contributed by atoms with Crippen LogP contribution in [0.2, 0.25) is 0 Å². The zero-order valence-electron chi connectivity index (χ0n) is 14.3. The summed E-state index contributed by atoms with van der Waals surface area (Å²) in [6, 6.07) is 10.3. The Balaban J connectivity index is 1.85. The maximum absolute atomic E-state index is 13.1. The van der Waals surface area contributed by atoms with Crippen molar-refractivity contribution >= 4 is 33.0 Å². The van der Waals surface area contributed by atoms with Crippen molar-refractivity contribution in [3.8, 4) is 0 Å². The van der Waals surface area contributed by atoms with Gasteiger partial charge in [0.1, 0.15) is 10.3 Å². The first-order valence-corrected chi connectivity index (χ1v) is 10.7. The Morgan fingerprint density at radius 3 is 2.68 bits per heavy atom. The Morgan fingerprint density at radius 1 is 1.24 bits per heavy atom. The molecule has 1 amide bonds. The minimum Gasteiger partial charge on any atom is -0.310 e. The molecule has 134 valence electrons.